The van der Waals surface area contributed by atoms with E-state index in [1.54, 1.807) is 0 Å². The molecular weight excluding hydrogens is 338 g/mol. The Kier molecular flexibility index (Phi) is 5.29. The lowest BCUT2D eigenvalue weighted by Gasteiger charge is -2.33. The first-order valence-corrected chi connectivity index (χ1v) is 6.48. The fourth-order valence-electron chi connectivity index (χ4n) is 2.46. The zero-order chi connectivity index (χ0) is 18.7. The summed E-state index contributed by atoms with van der Waals surface area (Å²) in [5.74, 6) is -0.972. The van der Waals surface area contributed by atoms with Crippen molar-refractivity contribution >= 4 is 5.97 Å². The molecular formula is C9H13N5O10. The number of nitrogens with zero attached hydrogens (tertiary/aromatic N) is 5. The normalized spacial score (nSPS) is 19.2. The third kappa shape index (κ3) is 3.19. The topological polar surface area (TPSA) is 202 Å². The molecule has 0 unspecified atom stereocenters. The minimum Gasteiger partial charge on any atom is -0.465 e. The average molecular weight is 351 g/mol. The van der Waals surface area contributed by atoms with E-state index in [0.29, 0.717) is 4.90 Å². The van der Waals surface area contributed by atoms with Crippen molar-refractivity contribution in [3.05, 3.63) is 40.5 Å². The van der Waals surface area contributed by atoms with Crippen LogP contribution in [0.1, 0.15) is 13.3 Å². The Morgan fingerprint density at radius 1 is 0.958 bits per heavy atom. The Hall–Kier alpha value is -2.97. The summed E-state index contributed by atoms with van der Waals surface area (Å²) >= 11 is 0. The van der Waals surface area contributed by atoms with Gasteiger partial charge in [0.2, 0.25) is 6.42 Å². The van der Waals surface area contributed by atoms with E-state index in [-0.39, 0.29) is 6.61 Å². The highest BCUT2D eigenvalue weighted by Crippen LogP contribution is 2.34. The smallest absolute Gasteiger partial charge is 0.465 e. The highest BCUT2D eigenvalue weighted by molar-refractivity contribution is 5.71. The molecule has 1 rings (SSSR count). The van der Waals surface area contributed by atoms with Crippen molar-refractivity contribution in [3.63, 3.8) is 0 Å². The number of hydrogen-bond acceptors (Lipinski definition) is 11. The van der Waals surface area contributed by atoms with Crippen LogP contribution in [0, 0.1) is 40.5 Å². The molecule has 1 saturated heterocycles. The Morgan fingerprint density at radius 3 is 1.62 bits per heavy atom. The van der Waals surface area contributed by atoms with Crippen molar-refractivity contribution in [1.82, 2.24) is 4.90 Å². The molecule has 0 amide bonds. The monoisotopic (exact) mass is 351 g/mol. The fraction of sp³-hybridized carbons (Fsp3) is 0.889. The quantitative estimate of drug-likeness (QED) is 0.229. The standard InChI is InChI=1S/C9H13N5O10/c1-2-24-7(15)3-10-5-8(11(16)17,12(18)19)4-9(6-10,13(20)21)14(22)23/h2-6H2,1H3. The van der Waals surface area contributed by atoms with Gasteiger partial charge in [0, 0.05) is 0 Å². The Morgan fingerprint density at radius 2 is 1.33 bits per heavy atom. The molecule has 24 heavy (non-hydrogen) atoms. The molecule has 0 spiro atoms. The van der Waals surface area contributed by atoms with E-state index in [2.05, 4.69) is 4.74 Å². The van der Waals surface area contributed by atoms with E-state index in [1.165, 1.54) is 6.92 Å². The zero-order valence-corrected chi connectivity index (χ0v) is 12.4. The summed E-state index contributed by atoms with van der Waals surface area (Å²) in [6.45, 7) is -1.42. The van der Waals surface area contributed by atoms with Gasteiger partial charge < -0.3 is 4.74 Å². The number of esters is 1. The minimum atomic E-state index is -3.19. The molecule has 0 bridgehead atoms. The second kappa shape index (κ2) is 6.65. The second-order valence-electron chi connectivity index (χ2n) is 5.12. The third-order valence-corrected chi connectivity index (χ3v) is 3.54. The lowest BCUT2D eigenvalue weighted by Crippen LogP contribution is -2.70. The van der Waals surface area contributed by atoms with E-state index in [4.69, 9.17) is 0 Å². The number of ether oxygens (including phenoxy) is 1. The summed E-state index contributed by atoms with van der Waals surface area (Å²) in [5.41, 5.74) is -6.38. The molecule has 0 radical (unpaired) electrons. The van der Waals surface area contributed by atoms with Crippen LogP contribution in [0.3, 0.4) is 0 Å². The molecule has 0 N–H and O–H groups in total. The van der Waals surface area contributed by atoms with Crippen molar-refractivity contribution < 1.29 is 29.2 Å². The van der Waals surface area contributed by atoms with Crippen molar-refractivity contribution in [3.8, 4) is 0 Å². The number of likely N-dealkylation sites (tertiary alicyclic amines) is 1. The third-order valence-electron chi connectivity index (χ3n) is 3.54. The largest absolute Gasteiger partial charge is 0.485 e. The van der Waals surface area contributed by atoms with Gasteiger partial charge in [0.25, 0.3) is 0 Å². The molecule has 0 atom stereocenters. The number of piperidine rings is 1. The maximum Gasteiger partial charge on any atom is 0.485 e. The predicted octanol–water partition coefficient (Wildman–Crippen LogP) is -1.25. The van der Waals surface area contributed by atoms with E-state index < -0.39 is 63.0 Å². The molecule has 1 fully saturated rings. The predicted molar refractivity (Wildman–Crippen MR) is 71.1 cm³/mol. The van der Waals surface area contributed by atoms with Crippen LogP contribution in [0.5, 0.6) is 0 Å². The van der Waals surface area contributed by atoms with E-state index in [9.17, 15) is 45.3 Å². The van der Waals surface area contributed by atoms with Crippen LogP contribution in [0.15, 0.2) is 0 Å². The van der Waals surface area contributed by atoms with E-state index >= 15 is 0 Å². The number of hydrogen-bond donors (Lipinski definition) is 0. The van der Waals surface area contributed by atoms with Crippen LogP contribution in [0.25, 0.3) is 0 Å². The van der Waals surface area contributed by atoms with Crippen LogP contribution in [-0.2, 0) is 9.53 Å². The summed E-state index contributed by atoms with van der Waals surface area (Å²) in [5, 5.41) is 44.7. The molecule has 0 aromatic rings. The Bertz CT molecular complexity index is 523. The molecule has 15 heteroatoms. The highest BCUT2D eigenvalue weighted by atomic mass is 16.7. The lowest BCUT2D eigenvalue weighted by atomic mass is 9.90. The molecule has 1 aliphatic rings. The SMILES string of the molecule is CCOC(=O)CN1CC([N+](=O)[O-])([N+](=O)[O-])CC([N+](=O)[O-])([N+](=O)[O-])C1. The van der Waals surface area contributed by atoms with Crippen molar-refractivity contribution in [2.24, 2.45) is 0 Å². The minimum absolute atomic E-state index is 0.0715. The van der Waals surface area contributed by atoms with Crippen LogP contribution in [0.2, 0.25) is 0 Å². The molecule has 1 aliphatic heterocycles. The molecule has 1 heterocycles. The van der Waals surface area contributed by atoms with Gasteiger partial charge in [-0.15, -0.1) is 0 Å². The first-order valence-electron chi connectivity index (χ1n) is 6.48. The summed E-state index contributed by atoms with van der Waals surface area (Å²) in [4.78, 5) is 51.2. The molecule has 15 nitrogen and oxygen atoms in total. The van der Waals surface area contributed by atoms with E-state index in [0.717, 1.165) is 0 Å². The first kappa shape index (κ1) is 19.1. The molecule has 0 saturated carbocycles. The highest BCUT2D eigenvalue weighted by Gasteiger charge is 2.76. The molecule has 0 aromatic carbocycles. The Labute approximate surface area is 132 Å². The lowest BCUT2D eigenvalue weighted by molar-refractivity contribution is -0.854. The van der Waals surface area contributed by atoms with Gasteiger partial charge in [-0.25, -0.2) is 0 Å². The van der Waals surface area contributed by atoms with Gasteiger partial charge in [-0.2, -0.15) is 0 Å². The number of rotatable bonds is 7. The van der Waals surface area contributed by atoms with Gasteiger partial charge in [-0.05, 0) is 6.92 Å². The van der Waals surface area contributed by atoms with Gasteiger partial charge in [0.1, 0.15) is 32.8 Å². The average Bonchev–Trinajstić information content (AvgIpc) is 2.45. The van der Waals surface area contributed by atoms with Gasteiger partial charge in [-0.1, -0.05) is 0 Å². The van der Waals surface area contributed by atoms with Crippen molar-refractivity contribution in [2.45, 2.75) is 24.7 Å². The van der Waals surface area contributed by atoms with Crippen LogP contribution in [-0.4, -0.2) is 68.1 Å². The summed E-state index contributed by atoms with van der Waals surface area (Å²) in [6, 6.07) is 0. The van der Waals surface area contributed by atoms with Gasteiger partial charge in [0.05, 0.1) is 13.2 Å². The fourth-order valence-corrected chi connectivity index (χ4v) is 2.46. The van der Waals surface area contributed by atoms with Crippen LogP contribution >= 0.6 is 0 Å². The van der Waals surface area contributed by atoms with Gasteiger partial charge in [-0.3, -0.25) is 50.2 Å². The number of nitro groups is 4. The Balaban J connectivity index is 3.37. The summed E-state index contributed by atoms with van der Waals surface area (Å²) in [7, 11) is 0. The van der Waals surface area contributed by atoms with Crippen LogP contribution < -0.4 is 0 Å². The van der Waals surface area contributed by atoms with Crippen LogP contribution in [0.4, 0.5) is 0 Å². The maximum atomic E-state index is 11.5. The summed E-state index contributed by atoms with van der Waals surface area (Å²) < 4.78 is 4.56. The second-order valence-corrected chi connectivity index (χ2v) is 5.12. The molecule has 134 valence electrons. The zero-order valence-electron chi connectivity index (χ0n) is 12.4. The van der Waals surface area contributed by atoms with Crippen molar-refractivity contribution in [1.29, 1.82) is 0 Å². The first-order chi connectivity index (χ1) is 11.0. The molecule has 0 aliphatic carbocycles. The molecule has 0 aromatic heterocycles. The van der Waals surface area contributed by atoms with E-state index in [1.807, 2.05) is 0 Å². The van der Waals surface area contributed by atoms with Gasteiger partial charge in [0.15, 0.2) is 0 Å². The number of carbonyl (C=O) groups excluding carboxylic acids is 1. The van der Waals surface area contributed by atoms with Gasteiger partial charge >= 0.3 is 17.3 Å². The maximum absolute atomic E-state index is 11.5. The number of carbonyl (C=O) groups is 1. The summed E-state index contributed by atoms with van der Waals surface area (Å²) in [6.07, 6.45) is -1.54. The van der Waals surface area contributed by atoms with Crippen molar-refractivity contribution in [2.75, 3.05) is 26.2 Å².